The zero-order valence-electron chi connectivity index (χ0n) is 33.0. The number of allylic oxidation sites excluding steroid dienone is 10. The van der Waals surface area contributed by atoms with Crippen LogP contribution in [0, 0.1) is 0 Å². The van der Waals surface area contributed by atoms with E-state index in [0.717, 1.165) is 70.6 Å². The summed E-state index contributed by atoms with van der Waals surface area (Å²) in [5, 5.41) is 18.3. The minimum Gasteiger partial charge on any atom is -0.462 e. The summed E-state index contributed by atoms with van der Waals surface area (Å²) in [6.07, 6.45) is 40.4. The van der Waals surface area contributed by atoms with E-state index in [1.807, 2.05) is 24.3 Å². The van der Waals surface area contributed by atoms with Crippen LogP contribution < -0.4 is 0 Å². The zero-order chi connectivity index (χ0) is 39.1. The van der Waals surface area contributed by atoms with Crippen molar-refractivity contribution in [3.8, 4) is 0 Å². The summed E-state index contributed by atoms with van der Waals surface area (Å²) in [5.41, 5.74) is 0. The predicted octanol–water partition coefficient (Wildman–Crippen LogP) is 10.3. The van der Waals surface area contributed by atoms with Gasteiger partial charge >= 0.3 is 19.8 Å². The van der Waals surface area contributed by atoms with Crippen LogP contribution in [0.25, 0.3) is 0 Å². The molecule has 3 N–H and O–H groups in total. The van der Waals surface area contributed by atoms with E-state index in [9.17, 15) is 24.2 Å². The van der Waals surface area contributed by atoms with Crippen LogP contribution >= 0.6 is 7.82 Å². The molecule has 3 atom stereocenters. The smallest absolute Gasteiger partial charge is 0.462 e. The molecule has 0 amide bonds. The number of hydrogen-bond acceptors (Lipinski definition) is 9. The number of unbranched alkanes of at least 4 members (excludes halogenated alkanes) is 15. The van der Waals surface area contributed by atoms with Gasteiger partial charge in [-0.2, -0.15) is 0 Å². The first-order valence-electron chi connectivity index (χ1n) is 20.3. The number of aliphatic hydroxyl groups excluding tert-OH is 2. The lowest BCUT2D eigenvalue weighted by molar-refractivity contribution is -0.161. The molecule has 0 radical (unpaired) electrons. The summed E-state index contributed by atoms with van der Waals surface area (Å²) in [6.45, 7) is 2.17. The second-order valence-electron chi connectivity index (χ2n) is 13.3. The largest absolute Gasteiger partial charge is 0.472 e. The van der Waals surface area contributed by atoms with Crippen LogP contribution in [0.3, 0.4) is 0 Å². The van der Waals surface area contributed by atoms with E-state index in [2.05, 4.69) is 54.8 Å². The summed E-state index contributed by atoms with van der Waals surface area (Å²) in [6, 6.07) is 0. The summed E-state index contributed by atoms with van der Waals surface area (Å²) >= 11 is 0. The maximum absolute atomic E-state index is 12.6. The first-order chi connectivity index (χ1) is 25.7. The molecule has 0 aromatic rings. The number of aliphatic hydroxyl groups is 2. The third-order valence-electron chi connectivity index (χ3n) is 8.22. The number of carbonyl (C=O) groups excluding carboxylic acids is 2. The predicted molar refractivity (Wildman–Crippen MR) is 214 cm³/mol. The first kappa shape index (κ1) is 50.7. The van der Waals surface area contributed by atoms with Crippen LogP contribution in [-0.4, -0.2) is 65.7 Å². The second-order valence-corrected chi connectivity index (χ2v) is 14.8. The molecule has 53 heavy (non-hydrogen) atoms. The number of rotatable bonds is 37. The van der Waals surface area contributed by atoms with Gasteiger partial charge in [0.25, 0.3) is 0 Å². The normalized spacial score (nSPS) is 14.6. The lowest BCUT2D eigenvalue weighted by Crippen LogP contribution is -2.29. The lowest BCUT2D eigenvalue weighted by Gasteiger charge is -2.20. The van der Waals surface area contributed by atoms with E-state index < -0.39 is 51.8 Å². The van der Waals surface area contributed by atoms with Gasteiger partial charge in [0, 0.05) is 12.8 Å². The van der Waals surface area contributed by atoms with Crippen molar-refractivity contribution in [2.24, 2.45) is 0 Å². The van der Waals surface area contributed by atoms with Crippen molar-refractivity contribution in [3.63, 3.8) is 0 Å². The molecule has 2 unspecified atom stereocenters. The molecule has 0 aliphatic rings. The number of carbonyl (C=O) groups is 2. The van der Waals surface area contributed by atoms with E-state index in [-0.39, 0.29) is 19.4 Å². The Morgan fingerprint density at radius 2 is 1.11 bits per heavy atom. The van der Waals surface area contributed by atoms with Crippen LogP contribution in [0.2, 0.25) is 0 Å². The van der Waals surface area contributed by atoms with Gasteiger partial charge in [0.2, 0.25) is 0 Å². The second kappa shape index (κ2) is 38.0. The topological polar surface area (TPSA) is 149 Å². The molecule has 11 heteroatoms. The summed E-state index contributed by atoms with van der Waals surface area (Å²) < 4.78 is 32.6. The molecule has 0 aromatic heterocycles. The van der Waals surface area contributed by atoms with Crippen LogP contribution in [0.4, 0.5) is 0 Å². The first-order valence-corrected chi connectivity index (χ1v) is 21.8. The summed E-state index contributed by atoms with van der Waals surface area (Å²) in [5.74, 6) is -0.963. The fourth-order valence-electron chi connectivity index (χ4n) is 5.08. The van der Waals surface area contributed by atoms with Gasteiger partial charge in [-0.05, 0) is 64.2 Å². The monoisotopic (exact) mass is 768 g/mol. The fourth-order valence-corrected chi connectivity index (χ4v) is 5.87. The molecule has 0 aliphatic heterocycles. The molecule has 306 valence electrons. The van der Waals surface area contributed by atoms with Crippen molar-refractivity contribution in [2.75, 3.05) is 26.4 Å². The standard InChI is InChI=1S/C42H73O10P/c1-3-5-7-9-11-13-15-17-18-19-20-22-23-25-27-29-31-33-41(45)49-37-40(38-51-53(47,48)50-36-39(44)35-43)52-42(46)34-32-30-28-26-24-21-16-14-12-10-8-6-4-2/h6,8,10-14,16-18,39-40,43-44H,3-5,7,9,15,19-38H2,1-2H3,(H,47,48)/b8-6+,12-10+,13-11+,16-14+,18-17+/t39-,40?/m0/s1. The molecular formula is C42H73O10P. The molecule has 0 spiro atoms. The third kappa shape index (κ3) is 37.8. The van der Waals surface area contributed by atoms with E-state index >= 15 is 0 Å². The Labute approximate surface area is 321 Å². The molecule has 0 heterocycles. The summed E-state index contributed by atoms with van der Waals surface area (Å²) in [7, 11) is -4.62. The Morgan fingerprint density at radius 3 is 1.70 bits per heavy atom. The van der Waals surface area contributed by atoms with Crippen LogP contribution in [-0.2, 0) is 32.7 Å². The number of hydrogen-bond donors (Lipinski definition) is 3. The molecule has 10 nitrogen and oxygen atoms in total. The summed E-state index contributed by atoms with van der Waals surface area (Å²) in [4.78, 5) is 34.9. The molecule has 0 bridgehead atoms. The SMILES string of the molecule is CC/C=C/C=C/C=C/CCCCCCCC(=O)OC(COC(=O)CCCCCCCCC/C=C/C/C=C/CCCCC)COP(=O)(O)OC[C@@H](O)CO. The van der Waals surface area contributed by atoms with Crippen molar-refractivity contribution in [1.29, 1.82) is 0 Å². The fraction of sp³-hybridized carbons (Fsp3) is 0.714. The molecule has 0 rings (SSSR count). The van der Waals surface area contributed by atoms with Crippen molar-refractivity contribution < 1.29 is 47.8 Å². The van der Waals surface area contributed by atoms with Gasteiger partial charge in [0.15, 0.2) is 6.10 Å². The van der Waals surface area contributed by atoms with Crippen molar-refractivity contribution >= 4 is 19.8 Å². The van der Waals surface area contributed by atoms with Gasteiger partial charge in [-0.1, -0.05) is 139 Å². The molecule has 0 saturated carbocycles. The average molecular weight is 769 g/mol. The molecule has 0 aliphatic carbocycles. The highest BCUT2D eigenvalue weighted by Crippen LogP contribution is 2.43. The van der Waals surface area contributed by atoms with E-state index in [4.69, 9.17) is 19.1 Å². The van der Waals surface area contributed by atoms with Gasteiger partial charge in [-0.25, -0.2) is 4.57 Å². The van der Waals surface area contributed by atoms with Crippen molar-refractivity contribution in [3.05, 3.63) is 60.8 Å². The van der Waals surface area contributed by atoms with Gasteiger partial charge in [-0.15, -0.1) is 0 Å². The molecule has 0 aromatic carbocycles. The van der Waals surface area contributed by atoms with Crippen molar-refractivity contribution in [2.45, 2.75) is 167 Å². The van der Waals surface area contributed by atoms with Gasteiger partial charge in [0.05, 0.1) is 19.8 Å². The highest BCUT2D eigenvalue weighted by atomic mass is 31.2. The van der Waals surface area contributed by atoms with E-state index in [0.29, 0.717) is 12.8 Å². The quantitative estimate of drug-likeness (QED) is 0.0183. The highest BCUT2D eigenvalue weighted by molar-refractivity contribution is 7.47. The van der Waals surface area contributed by atoms with Crippen LogP contribution in [0.1, 0.15) is 155 Å². The Balaban J connectivity index is 4.36. The average Bonchev–Trinajstić information content (AvgIpc) is 3.14. The minimum atomic E-state index is -4.62. The Hall–Kier alpha value is -2.33. The van der Waals surface area contributed by atoms with Gasteiger partial charge in [-0.3, -0.25) is 18.6 Å². The number of ether oxygens (including phenoxy) is 2. The third-order valence-corrected chi connectivity index (χ3v) is 9.17. The maximum atomic E-state index is 12.6. The van der Waals surface area contributed by atoms with Crippen LogP contribution in [0.5, 0.6) is 0 Å². The van der Waals surface area contributed by atoms with Crippen LogP contribution in [0.15, 0.2) is 60.8 Å². The zero-order valence-corrected chi connectivity index (χ0v) is 33.9. The number of phosphoric ester groups is 1. The number of phosphoric acid groups is 1. The van der Waals surface area contributed by atoms with E-state index in [1.54, 1.807) is 0 Å². The minimum absolute atomic E-state index is 0.157. The highest BCUT2D eigenvalue weighted by Gasteiger charge is 2.27. The van der Waals surface area contributed by atoms with Gasteiger partial charge in [0.1, 0.15) is 12.7 Å². The van der Waals surface area contributed by atoms with Crippen molar-refractivity contribution in [1.82, 2.24) is 0 Å². The Morgan fingerprint density at radius 1 is 0.604 bits per heavy atom. The van der Waals surface area contributed by atoms with Gasteiger partial charge < -0.3 is 24.6 Å². The maximum Gasteiger partial charge on any atom is 0.472 e. The molecule has 0 fully saturated rings. The Bertz CT molecular complexity index is 1070. The Kier molecular flexibility index (Phi) is 36.3. The molecule has 0 saturated heterocycles. The van der Waals surface area contributed by atoms with E-state index in [1.165, 1.54) is 44.9 Å². The number of esters is 2. The lowest BCUT2D eigenvalue weighted by atomic mass is 10.1. The molecular weight excluding hydrogens is 695 g/mol.